The fraction of sp³-hybridized carbons (Fsp3) is 0.611. The molecule has 4 rings (SSSR count). The van der Waals surface area contributed by atoms with Crippen LogP contribution < -0.4 is 4.90 Å². The molecule has 2 aliphatic carbocycles. The van der Waals surface area contributed by atoms with Crippen LogP contribution in [0.15, 0.2) is 18.2 Å². The zero-order chi connectivity index (χ0) is 17.6. The second-order valence-electron chi connectivity index (χ2n) is 7.48. The molecule has 1 aliphatic heterocycles. The van der Waals surface area contributed by atoms with Crippen LogP contribution in [0, 0.1) is 27.9 Å². The Morgan fingerprint density at radius 3 is 2.52 bits per heavy atom. The van der Waals surface area contributed by atoms with E-state index in [0.29, 0.717) is 48.7 Å². The van der Waals surface area contributed by atoms with Gasteiger partial charge >= 0.3 is 0 Å². The minimum absolute atomic E-state index is 0.0281. The van der Waals surface area contributed by atoms with Gasteiger partial charge in [-0.1, -0.05) is 18.0 Å². The SMILES string of the molecule is O=C([C@H]1C[C@H]2CC[C@H]1C2)N1CCN(c2ccc(Cl)cc2[N+](=O)[O-])CC1. The van der Waals surface area contributed by atoms with Crippen molar-refractivity contribution in [2.24, 2.45) is 17.8 Å². The lowest BCUT2D eigenvalue weighted by Crippen LogP contribution is -2.51. The summed E-state index contributed by atoms with van der Waals surface area (Å²) in [6.45, 7) is 2.50. The molecule has 3 aliphatic rings. The first-order valence-electron chi connectivity index (χ1n) is 9.00. The molecule has 0 N–H and O–H groups in total. The van der Waals surface area contributed by atoms with Crippen LogP contribution in [-0.2, 0) is 4.79 Å². The molecular formula is C18H22ClN3O3. The van der Waals surface area contributed by atoms with Crippen LogP contribution in [0.2, 0.25) is 5.02 Å². The molecule has 0 unspecified atom stereocenters. The quantitative estimate of drug-likeness (QED) is 0.610. The van der Waals surface area contributed by atoms with Gasteiger partial charge in [0.05, 0.1) is 4.92 Å². The van der Waals surface area contributed by atoms with Gasteiger partial charge in [0.25, 0.3) is 5.69 Å². The van der Waals surface area contributed by atoms with E-state index in [1.54, 1.807) is 12.1 Å². The Morgan fingerprint density at radius 2 is 1.92 bits per heavy atom. The highest BCUT2D eigenvalue weighted by molar-refractivity contribution is 6.30. The third kappa shape index (κ3) is 3.08. The predicted molar refractivity (Wildman–Crippen MR) is 95.8 cm³/mol. The first kappa shape index (κ1) is 16.6. The second-order valence-corrected chi connectivity index (χ2v) is 7.92. The minimum atomic E-state index is -0.395. The van der Waals surface area contributed by atoms with E-state index in [0.717, 1.165) is 12.3 Å². The Labute approximate surface area is 151 Å². The van der Waals surface area contributed by atoms with Crippen molar-refractivity contribution in [1.82, 2.24) is 4.90 Å². The van der Waals surface area contributed by atoms with E-state index in [4.69, 9.17) is 11.6 Å². The number of fused-ring (bicyclic) bond motifs is 2. The lowest BCUT2D eigenvalue weighted by Gasteiger charge is -2.38. The monoisotopic (exact) mass is 363 g/mol. The molecule has 1 aromatic rings. The summed E-state index contributed by atoms with van der Waals surface area (Å²) in [4.78, 5) is 27.7. The van der Waals surface area contributed by atoms with E-state index in [2.05, 4.69) is 0 Å². The molecule has 0 aromatic heterocycles. The van der Waals surface area contributed by atoms with E-state index in [9.17, 15) is 14.9 Å². The van der Waals surface area contributed by atoms with Gasteiger partial charge in [-0.2, -0.15) is 0 Å². The highest BCUT2D eigenvalue weighted by atomic mass is 35.5. The number of benzene rings is 1. The molecule has 1 aromatic carbocycles. The van der Waals surface area contributed by atoms with Gasteiger partial charge in [0, 0.05) is 43.2 Å². The molecule has 1 heterocycles. The summed E-state index contributed by atoms with van der Waals surface area (Å²) >= 11 is 5.89. The van der Waals surface area contributed by atoms with Gasteiger partial charge in [0.1, 0.15) is 5.69 Å². The summed E-state index contributed by atoms with van der Waals surface area (Å²) in [7, 11) is 0. The number of carbonyl (C=O) groups excluding carboxylic acids is 1. The van der Waals surface area contributed by atoms with Crippen LogP contribution in [0.1, 0.15) is 25.7 Å². The summed E-state index contributed by atoms with van der Waals surface area (Å²) < 4.78 is 0. The number of anilines is 1. The van der Waals surface area contributed by atoms with E-state index in [1.807, 2.05) is 9.80 Å². The van der Waals surface area contributed by atoms with Crippen LogP contribution in [-0.4, -0.2) is 41.9 Å². The van der Waals surface area contributed by atoms with Gasteiger partial charge in [0.15, 0.2) is 0 Å². The fourth-order valence-electron chi connectivity index (χ4n) is 4.86. The molecule has 3 fully saturated rings. The number of nitro groups is 1. The molecule has 2 saturated carbocycles. The van der Waals surface area contributed by atoms with Crippen molar-refractivity contribution in [3.05, 3.63) is 33.3 Å². The van der Waals surface area contributed by atoms with Gasteiger partial charge in [-0.25, -0.2) is 0 Å². The van der Waals surface area contributed by atoms with Crippen molar-refractivity contribution in [2.45, 2.75) is 25.7 Å². The number of halogens is 1. The lowest BCUT2D eigenvalue weighted by molar-refractivity contribution is -0.384. The summed E-state index contributed by atoms with van der Waals surface area (Å²) in [5.41, 5.74) is 0.613. The summed E-state index contributed by atoms with van der Waals surface area (Å²) in [6, 6.07) is 4.77. The molecule has 7 heteroatoms. The molecule has 1 amide bonds. The summed E-state index contributed by atoms with van der Waals surface area (Å²) in [5.74, 6) is 1.87. The number of nitro benzene ring substituents is 1. The predicted octanol–water partition coefficient (Wildman–Crippen LogP) is 3.33. The van der Waals surface area contributed by atoms with Gasteiger partial charge in [0.2, 0.25) is 5.91 Å². The van der Waals surface area contributed by atoms with Crippen molar-refractivity contribution in [1.29, 1.82) is 0 Å². The van der Waals surface area contributed by atoms with Crippen LogP contribution in [0.3, 0.4) is 0 Å². The third-order valence-electron chi connectivity index (χ3n) is 6.12. The number of nitrogens with zero attached hydrogens (tertiary/aromatic N) is 3. The number of hydrogen-bond donors (Lipinski definition) is 0. The summed E-state index contributed by atoms with van der Waals surface area (Å²) in [5, 5.41) is 11.7. The zero-order valence-corrected chi connectivity index (χ0v) is 14.8. The number of carbonyl (C=O) groups is 1. The minimum Gasteiger partial charge on any atom is -0.362 e. The molecule has 3 atom stereocenters. The molecule has 0 spiro atoms. The van der Waals surface area contributed by atoms with Crippen LogP contribution in [0.5, 0.6) is 0 Å². The fourth-order valence-corrected chi connectivity index (χ4v) is 5.03. The first-order valence-corrected chi connectivity index (χ1v) is 9.38. The number of hydrogen-bond acceptors (Lipinski definition) is 4. The highest BCUT2D eigenvalue weighted by Crippen LogP contribution is 2.49. The van der Waals surface area contributed by atoms with Crippen molar-refractivity contribution in [3.8, 4) is 0 Å². The molecule has 1 saturated heterocycles. The normalized spacial score (nSPS) is 28.4. The summed E-state index contributed by atoms with van der Waals surface area (Å²) in [6.07, 6.45) is 4.79. The molecule has 6 nitrogen and oxygen atoms in total. The maximum absolute atomic E-state index is 12.8. The van der Waals surface area contributed by atoms with Crippen molar-refractivity contribution in [2.75, 3.05) is 31.1 Å². The number of rotatable bonds is 3. The average Bonchev–Trinajstić information content (AvgIpc) is 3.24. The largest absolute Gasteiger partial charge is 0.362 e. The van der Waals surface area contributed by atoms with Crippen LogP contribution in [0.25, 0.3) is 0 Å². The lowest BCUT2D eigenvalue weighted by atomic mass is 9.87. The third-order valence-corrected chi connectivity index (χ3v) is 6.36. The Morgan fingerprint density at radius 1 is 1.16 bits per heavy atom. The van der Waals surface area contributed by atoms with Crippen LogP contribution in [0.4, 0.5) is 11.4 Å². The molecule has 0 radical (unpaired) electrons. The maximum Gasteiger partial charge on any atom is 0.294 e. The zero-order valence-electron chi connectivity index (χ0n) is 14.1. The van der Waals surface area contributed by atoms with Crippen molar-refractivity contribution in [3.63, 3.8) is 0 Å². The maximum atomic E-state index is 12.8. The van der Waals surface area contributed by atoms with E-state index in [-0.39, 0.29) is 11.6 Å². The average molecular weight is 364 g/mol. The smallest absolute Gasteiger partial charge is 0.294 e. The Hall–Kier alpha value is -1.82. The van der Waals surface area contributed by atoms with Crippen molar-refractivity contribution >= 4 is 28.9 Å². The first-order chi connectivity index (χ1) is 12.0. The van der Waals surface area contributed by atoms with Gasteiger partial charge in [-0.05, 0) is 43.2 Å². The van der Waals surface area contributed by atoms with Gasteiger partial charge in [-0.3, -0.25) is 14.9 Å². The van der Waals surface area contributed by atoms with E-state index >= 15 is 0 Å². The number of amides is 1. The Balaban J connectivity index is 1.42. The molecule has 25 heavy (non-hydrogen) atoms. The highest BCUT2D eigenvalue weighted by Gasteiger charge is 2.44. The van der Waals surface area contributed by atoms with Crippen molar-refractivity contribution < 1.29 is 9.72 Å². The number of piperazine rings is 1. The van der Waals surface area contributed by atoms with Crippen LogP contribution >= 0.6 is 11.6 Å². The van der Waals surface area contributed by atoms with Gasteiger partial charge < -0.3 is 9.80 Å². The van der Waals surface area contributed by atoms with E-state index in [1.165, 1.54) is 25.3 Å². The Bertz CT molecular complexity index is 703. The second kappa shape index (κ2) is 6.48. The molecular weight excluding hydrogens is 342 g/mol. The molecule has 2 bridgehead atoms. The Kier molecular flexibility index (Phi) is 4.31. The van der Waals surface area contributed by atoms with E-state index < -0.39 is 4.92 Å². The van der Waals surface area contributed by atoms with Gasteiger partial charge in [-0.15, -0.1) is 0 Å². The standard InChI is InChI=1S/C18H22ClN3O3/c19-14-3-4-16(17(11-14)22(24)25)20-5-7-21(8-6-20)18(23)15-10-12-1-2-13(15)9-12/h3-4,11-13,15H,1-2,5-10H2/t12-,13-,15-/m0/s1. The molecule has 134 valence electrons. The topological polar surface area (TPSA) is 66.7 Å².